The van der Waals surface area contributed by atoms with Crippen LogP contribution >= 0.6 is 0 Å². The van der Waals surface area contributed by atoms with Crippen LogP contribution in [0, 0.1) is 0 Å². The average molecular weight is 224 g/mol. The van der Waals surface area contributed by atoms with Crippen molar-refractivity contribution in [2.75, 3.05) is 40.4 Å². The van der Waals surface area contributed by atoms with Crippen LogP contribution in [-0.2, 0) is 11.3 Å². The van der Waals surface area contributed by atoms with Crippen LogP contribution in [0.25, 0.3) is 0 Å². The van der Waals surface area contributed by atoms with Crippen molar-refractivity contribution >= 4 is 0 Å². The van der Waals surface area contributed by atoms with E-state index in [1.807, 2.05) is 14.1 Å². The predicted octanol–water partition coefficient (Wildman–Crippen LogP) is 0.144. The Morgan fingerprint density at radius 2 is 2.19 bits per heavy atom. The second-order valence-corrected chi connectivity index (χ2v) is 3.79. The second-order valence-electron chi connectivity index (χ2n) is 3.79. The first kappa shape index (κ1) is 13.0. The molecule has 0 unspecified atom stereocenters. The van der Waals surface area contributed by atoms with Crippen LogP contribution in [0.3, 0.4) is 0 Å². The fourth-order valence-electron chi connectivity index (χ4n) is 1.13. The number of hydrogen-bond donors (Lipinski definition) is 1. The summed E-state index contributed by atoms with van der Waals surface area (Å²) >= 11 is 0. The van der Waals surface area contributed by atoms with Crippen LogP contribution in [0.1, 0.15) is 5.69 Å². The molecule has 5 heteroatoms. The van der Waals surface area contributed by atoms with E-state index in [0.717, 1.165) is 38.5 Å². The first-order valence-corrected chi connectivity index (χ1v) is 5.47. The maximum Gasteiger partial charge on any atom is 0.0724 e. The van der Waals surface area contributed by atoms with Gasteiger partial charge in [-0.2, -0.15) is 0 Å². The molecule has 0 aliphatic carbocycles. The molecule has 1 aromatic rings. The molecule has 16 heavy (non-hydrogen) atoms. The van der Waals surface area contributed by atoms with Gasteiger partial charge in [-0.25, -0.2) is 0 Å². The van der Waals surface area contributed by atoms with Crippen LogP contribution in [-0.4, -0.2) is 55.3 Å². The molecule has 1 rings (SSSR count). The standard InChI is InChI=1S/C11H20N4O/c1-15(2)6-8-16-7-5-13-10-11-9-12-3-4-14-11/h3-4,9,13H,5-8,10H2,1-2H3. The summed E-state index contributed by atoms with van der Waals surface area (Å²) < 4.78 is 5.44. The molecular formula is C11H20N4O. The van der Waals surface area contributed by atoms with E-state index in [2.05, 4.69) is 20.2 Å². The van der Waals surface area contributed by atoms with E-state index in [9.17, 15) is 0 Å². The SMILES string of the molecule is CN(C)CCOCCNCc1cnccn1. The van der Waals surface area contributed by atoms with Crippen LogP contribution < -0.4 is 5.32 Å². The molecule has 0 atom stereocenters. The summed E-state index contributed by atoms with van der Waals surface area (Å²) in [5, 5.41) is 3.25. The van der Waals surface area contributed by atoms with Gasteiger partial charge in [-0.3, -0.25) is 9.97 Å². The maximum absolute atomic E-state index is 5.44. The molecule has 0 fully saturated rings. The Morgan fingerprint density at radius 1 is 1.31 bits per heavy atom. The molecule has 0 bridgehead atoms. The van der Waals surface area contributed by atoms with Crippen molar-refractivity contribution in [2.45, 2.75) is 6.54 Å². The fourth-order valence-corrected chi connectivity index (χ4v) is 1.13. The molecule has 0 aliphatic rings. The lowest BCUT2D eigenvalue weighted by Gasteiger charge is -2.10. The van der Waals surface area contributed by atoms with Gasteiger partial charge in [0.2, 0.25) is 0 Å². The Morgan fingerprint density at radius 3 is 2.88 bits per heavy atom. The third-order valence-corrected chi connectivity index (χ3v) is 2.03. The van der Waals surface area contributed by atoms with E-state index in [0.29, 0.717) is 0 Å². The number of aromatic nitrogens is 2. The molecule has 1 aromatic heterocycles. The van der Waals surface area contributed by atoms with E-state index in [4.69, 9.17) is 4.74 Å². The van der Waals surface area contributed by atoms with Gasteiger partial charge in [0.25, 0.3) is 0 Å². The monoisotopic (exact) mass is 224 g/mol. The van der Waals surface area contributed by atoms with E-state index in [-0.39, 0.29) is 0 Å². The number of nitrogens with zero attached hydrogens (tertiary/aromatic N) is 3. The van der Waals surface area contributed by atoms with Gasteiger partial charge < -0.3 is 15.0 Å². The highest BCUT2D eigenvalue weighted by Gasteiger charge is 1.93. The smallest absolute Gasteiger partial charge is 0.0724 e. The van der Waals surface area contributed by atoms with Gasteiger partial charge in [-0.05, 0) is 14.1 Å². The predicted molar refractivity (Wildman–Crippen MR) is 63.1 cm³/mol. The average Bonchev–Trinajstić information content (AvgIpc) is 2.29. The fraction of sp³-hybridized carbons (Fsp3) is 0.636. The third kappa shape index (κ3) is 6.44. The number of rotatable bonds is 8. The molecule has 1 N–H and O–H groups in total. The van der Waals surface area contributed by atoms with Crippen molar-refractivity contribution in [2.24, 2.45) is 0 Å². The largest absolute Gasteiger partial charge is 0.379 e. The zero-order chi connectivity index (χ0) is 11.6. The minimum atomic E-state index is 0.730. The summed E-state index contributed by atoms with van der Waals surface area (Å²) in [6.45, 7) is 4.05. The molecule has 0 radical (unpaired) electrons. The molecule has 0 aromatic carbocycles. The molecule has 0 aliphatic heterocycles. The third-order valence-electron chi connectivity index (χ3n) is 2.03. The lowest BCUT2D eigenvalue weighted by molar-refractivity contribution is 0.119. The Balaban J connectivity index is 1.93. The van der Waals surface area contributed by atoms with Gasteiger partial charge in [0.05, 0.1) is 18.9 Å². The van der Waals surface area contributed by atoms with E-state index >= 15 is 0 Å². The van der Waals surface area contributed by atoms with Gasteiger partial charge in [0.1, 0.15) is 0 Å². The molecule has 1 heterocycles. The van der Waals surface area contributed by atoms with Crippen molar-refractivity contribution in [1.82, 2.24) is 20.2 Å². The number of hydrogen-bond acceptors (Lipinski definition) is 5. The Hall–Kier alpha value is -1.04. The number of ether oxygens (including phenoxy) is 1. The van der Waals surface area contributed by atoms with Gasteiger partial charge in [-0.1, -0.05) is 0 Å². The first-order chi connectivity index (χ1) is 7.79. The van der Waals surface area contributed by atoms with Crippen molar-refractivity contribution in [3.8, 4) is 0 Å². The van der Waals surface area contributed by atoms with Gasteiger partial charge in [0.15, 0.2) is 0 Å². The Bertz CT molecular complexity index is 266. The van der Waals surface area contributed by atoms with Crippen LogP contribution in [0.2, 0.25) is 0 Å². The normalized spacial score (nSPS) is 10.9. The molecule has 0 amide bonds. The van der Waals surface area contributed by atoms with Gasteiger partial charge in [-0.15, -0.1) is 0 Å². The van der Waals surface area contributed by atoms with Crippen LogP contribution in [0.15, 0.2) is 18.6 Å². The highest BCUT2D eigenvalue weighted by Crippen LogP contribution is 1.87. The molecule has 90 valence electrons. The van der Waals surface area contributed by atoms with Crippen molar-refractivity contribution in [3.05, 3.63) is 24.3 Å². The Labute approximate surface area is 96.8 Å². The van der Waals surface area contributed by atoms with Crippen LogP contribution in [0.5, 0.6) is 0 Å². The first-order valence-electron chi connectivity index (χ1n) is 5.47. The lowest BCUT2D eigenvalue weighted by atomic mass is 10.4. The second kappa shape index (κ2) is 8.15. The minimum Gasteiger partial charge on any atom is -0.379 e. The summed E-state index contributed by atoms with van der Waals surface area (Å²) in [5.41, 5.74) is 0.954. The summed E-state index contributed by atoms with van der Waals surface area (Å²) in [6, 6.07) is 0. The molecule has 0 saturated carbocycles. The molecule has 5 nitrogen and oxygen atoms in total. The molecular weight excluding hydrogens is 204 g/mol. The lowest BCUT2D eigenvalue weighted by Crippen LogP contribution is -2.23. The van der Waals surface area contributed by atoms with Gasteiger partial charge >= 0.3 is 0 Å². The summed E-state index contributed by atoms with van der Waals surface area (Å²) in [6.07, 6.45) is 5.14. The quantitative estimate of drug-likeness (QED) is 0.637. The van der Waals surface area contributed by atoms with E-state index < -0.39 is 0 Å². The Kier molecular flexibility index (Phi) is 6.64. The van der Waals surface area contributed by atoms with Gasteiger partial charge in [0, 0.05) is 38.2 Å². The maximum atomic E-state index is 5.44. The van der Waals surface area contributed by atoms with Crippen molar-refractivity contribution in [3.63, 3.8) is 0 Å². The molecule has 0 saturated heterocycles. The highest BCUT2D eigenvalue weighted by atomic mass is 16.5. The van der Waals surface area contributed by atoms with E-state index in [1.165, 1.54) is 0 Å². The highest BCUT2D eigenvalue weighted by molar-refractivity contribution is 4.93. The van der Waals surface area contributed by atoms with Crippen molar-refractivity contribution in [1.29, 1.82) is 0 Å². The molecule has 0 spiro atoms. The zero-order valence-electron chi connectivity index (χ0n) is 10.0. The summed E-state index contributed by atoms with van der Waals surface area (Å²) in [7, 11) is 4.07. The minimum absolute atomic E-state index is 0.730. The topological polar surface area (TPSA) is 50.3 Å². The number of likely N-dealkylation sites (N-methyl/N-ethyl adjacent to an activating group) is 1. The zero-order valence-corrected chi connectivity index (χ0v) is 10.0. The summed E-state index contributed by atoms with van der Waals surface area (Å²) in [5.74, 6) is 0. The summed E-state index contributed by atoms with van der Waals surface area (Å²) in [4.78, 5) is 10.3. The number of nitrogens with one attached hydrogen (secondary N) is 1. The van der Waals surface area contributed by atoms with E-state index in [1.54, 1.807) is 18.6 Å². The van der Waals surface area contributed by atoms with Crippen LogP contribution in [0.4, 0.5) is 0 Å². The van der Waals surface area contributed by atoms with Crippen molar-refractivity contribution < 1.29 is 4.74 Å².